The molecule has 2 aromatic rings. The molecule has 0 atom stereocenters. The lowest BCUT2D eigenvalue weighted by atomic mass is 10.1. The first-order valence-electron chi connectivity index (χ1n) is 7.74. The van der Waals surface area contributed by atoms with Crippen molar-refractivity contribution in [3.63, 3.8) is 0 Å². The first-order chi connectivity index (χ1) is 11.4. The number of aryl methyl sites for hydroxylation is 2. The first kappa shape index (κ1) is 18.0. The number of carbonyl (C=O) groups is 2. The number of hydrogen-bond donors (Lipinski definition) is 1. The van der Waals surface area contributed by atoms with Gasteiger partial charge in [0.25, 0.3) is 5.91 Å². The SMILES string of the molecule is CCC(=O)c1cc(Cl)ccc1OCC(=O)Nc1c(C)cccc1C. The molecule has 1 amide bonds. The fraction of sp³-hybridized carbons (Fsp3) is 0.263. The lowest BCUT2D eigenvalue weighted by Crippen LogP contribution is -2.21. The lowest BCUT2D eigenvalue weighted by Gasteiger charge is -2.13. The number of benzene rings is 2. The van der Waals surface area contributed by atoms with Gasteiger partial charge in [-0.3, -0.25) is 9.59 Å². The van der Waals surface area contributed by atoms with E-state index in [1.807, 2.05) is 32.0 Å². The number of Topliss-reactive ketones (excluding diaryl/α,β-unsaturated/α-hetero) is 1. The van der Waals surface area contributed by atoms with E-state index >= 15 is 0 Å². The van der Waals surface area contributed by atoms with Gasteiger partial charge in [0.05, 0.1) is 5.56 Å². The van der Waals surface area contributed by atoms with Gasteiger partial charge in [-0.1, -0.05) is 36.7 Å². The molecule has 0 radical (unpaired) electrons. The van der Waals surface area contributed by atoms with Crippen LogP contribution in [0.1, 0.15) is 34.8 Å². The van der Waals surface area contributed by atoms with Gasteiger partial charge in [0, 0.05) is 17.1 Å². The monoisotopic (exact) mass is 345 g/mol. The van der Waals surface area contributed by atoms with Crippen molar-refractivity contribution in [1.29, 1.82) is 0 Å². The molecule has 24 heavy (non-hydrogen) atoms. The number of nitrogens with one attached hydrogen (secondary N) is 1. The van der Waals surface area contributed by atoms with E-state index < -0.39 is 0 Å². The second kappa shape index (κ2) is 7.97. The zero-order chi connectivity index (χ0) is 17.7. The normalized spacial score (nSPS) is 10.3. The number of anilines is 1. The molecule has 0 saturated heterocycles. The molecule has 0 aliphatic carbocycles. The summed E-state index contributed by atoms with van der Waals surface area (Å²) in [5.41, 5.74) is 3.14. The van der Waals surface area contributed by atoms with Crippen molar-refractivity contribution in [3.05, 3.63) is 58.1 Å². The number of amides is 1. The molecule has 2 aromatic carbocycles. The third-order valence-electron chi connectivity index (χ3n) is 3.67. The summed E-state index contributed by atoms with van der Waals surface area (Å²) >= 11 is 5.94. The summed E-state index contributed by atoms with van der Waals surface area (Å²) in [6.07, 6.45) is 0.339. The van der Waals surface area contributed by atoms with Gasteiger partial charge in [-0.15, -0.1) is 0 Å². The topological polar surface area (TPSA) is 55.4 Å². The molecule has 2 rings (SSSR count). The fourth-order valence-electron chi connectivity index (χ4n) is 2.37. The maximum Gasteiger partial charge on any atom is 0.262 e. The van der Waals surface area contributed by atoms with E-state index in [2.05, 4.69) is 5.32 Å². The number of carbonyl (C=O) groups excluding carboxylic acids is 2. The lowest BCUT2D eigenvalue weighted by molar-refractivity contribution is -0.118. The Kier molecular flexibility index (Phi) is 5.99. The van der Waals surface area contributed by atoms with E-state index in [-0.39, 0.29) is 18.3 Å². The largest absolute Gasteiger partial charge is 0.483 e. The summed E-state index contributed by atoms with van der Waals surface area (Å²) in [7, 11) is 0. The summed E-state index contributed by atoms with van der Waals surface area (Å²) in [6, 6.07) is 10.6. The maximum atomic E-state index is 12.2. The number of ether oxygens (including phenoxy) is 1. The van der Waals surface area contributed by atoms with Crippen molar-refractivity contribution in [1.82, 2.24) is 0 Å². The van der Waals surface area contributed by atoms with E-state index in [1.165, 1.54) is 0 Å². The van der Waals surface area contributed by atoms with Gasteiger partial charge in [0.1, 0.15) is 5.75 Å². The van der Waals surface area contributed by atoms with Crippen molar-refractivity contribution in [2.75, 3.05) is 11.9 Å². The molecule has 0 fully saturated rings. The van der Waals surface area contributed by atoms with Gasteiger partial charge in [-0.2, -0.15) is 0 Å². The van der Waals surface area contributed by atoms with Crippen molar-refractivity contribution >= 4 is 29.0 Å². The number of hydrogen-bond acceptors (Lipinski definition) is 3. The predicted molar refractivity (Wildman–Crippen MR) is 96.1 cm³/mol. The molecule has 4 nitrogen and oxygen atoms in total. The van der Waals surface area contributed by atoms with Crippen LogP contribution >= 0.6 is 11.6 Å². The summed E-state index contributed by atoms with van der Waals surface area (Å²) < 4.78 is 5.54. The van der Waals surface area contributed by atoms with E-state index in [4.69, 9.17) is 16.3 Å². The highest BCUT2D eigenvalue weighted by molar-refractivity contribution is 6.31. The summed E-state index contributed by atoms with van der Waals surface area (Å²) in [5.74, 6) is 0.00260. The average Bonchev–Trinajstić information content (AvgIpc) is 2.56. The molecular formula is C19H20ClNO3. The van der Waals surface area contributed by atoms with Crippen molar-refractivity contribution in [3.8, 4) is 5.75 Å². The molecule has 1 N–H and O–H groups in total. The zero-order valence-electron chi connectivity index (χ0n) is 14.0. The number of halogens is 1. The van der Waals surface area contributed by atoms with Crippen molar-refractivity contribution < 1.29 is 14.3 Å². The quantitative estimate of drug-likeness (QED) is 0.780. The van der Waals surface area contributed by atoms with E-state index in [0.29, 0.717) is 22.8 Å². The highest BCUT2D eigenvalue weighted by Gasteiger charge is 2.14. The Labute approximate surface area is 146 Å². The minimum absolute atomic E-state index is 0.0809. The van der Waals surface area contributed by atoms with Crippen LogP contribution in [0.4, 0.5) is 5.69 Å². The van der Waals surface area contributed by atoms with Crippen LogP contribution in [0.5, 0.6) is 5.75 Å². The van der Waals surface area contributed by atoms with E-state index in [1.54, 1.807) is 25.1 Å². The third kappa shape index (κ3) is 4.36. The van der Waals surface area contributed by atoms with Gasteiger partial charge < -0.3 is 10.1 Å². The Bertz CT molecular complexity index is 751. The highest BCUT2D eigenvalue weighted by atomic mass is 35.5. The second-order valence-corrected chi connectivity index (χ2v) is 5.96. The van der Waals surface area contributed by atoms with Crippen LogP contribution in [0.3, 0.4) is 0 Å². The van der Waals surface area contributed by atoms with Crippen LogP contribution in [-0.2, 0) is 4.79 Å². The van der Waals surface area contributed by atoms with Gasteiger partial charge in [0.15, 0.2) is 12.4 Å². The van der Waals surface area contributed by atoms with E-state index in [0.717, 1.165) is 16.8 Å². The van der Waals surface area contributed by atoms with Gasteiger partial charge in [-0.25, -0.2) is 0 Å². The van der Waals surface area contributed by atoms with Crippen LogP contribution in [0.15, 0.2) is 36.4 Å². The van der Waals surface area contributed by atoms with Crippen LogP contribution in [-0.4, -0.2) is 18.3 Å². The average molecular weight is 346 g/mol. The third-order valence-corrected chi connectivity index (χ3v) is 3.90. The molecule has 0 saturated carbocycles. The Morgan fingerprint density at radius 2 is 1.79 bits per heavy atom. The fourth-order valence-corrected chi connectivity index (χ4v) is 2.54. The molecule has 0 spiro atoms. The minimum Gasteiger partial charge on any atom is -0.483 e. The van der Waals surface area contributed by atoms with E-state index in [9.17, 15) is 9.59 Å². The highest BCUT2D eigenvalue weighted by Crippen LogP contribution is 2.24. The number of para-hydroxylation sites is 1. The summed E-state index contributed by atoms with van der Waals surface area (Å²) in [6.45, 7) is 5.45. The van der Waals surface area contributed by atoms with Crippen molar-refractivity contribution in [2.24, 2.45) is 0 Å². The molecule has 0 unspecified atom stereocenters. The van der Waals surface area contributed by atoms with Crippen LogP contribution < -0.4 is 10.1 Å². The number of ketones is 1. The first-order valence-corrected chi connectivity index (χ1v) is 8.11. The molecule has 0 aliphatic heterocycles. The molecule has 126 valence electrons. The smallest absolute Gasteiger partial charge is 0.262 e. The minimum atomic E-state index is -0.280. The predicted octanol–water partition coefficient (Wildman–Crippen LogP) is 4.57. The Morgan fingerprint density at radius 1 is 1.12 bits per heavy atom. The van der Waals surface area contributed by atoms with Crippen LogP contribution in [0, 0.1) is 13.8 Å². The molecule has 0 bridgehead atoms. The summed E-state index contributed by atoms with van der Waals surface area (Å²) in [5, 5.41) is 3.31. The molecular weight excluding hydrogens is 326 g/mol. The van der Waals surface area contributed by atoms with Gasteiger partial charge in [0.2, 0.25) is 0 Å². The second-order valence-electron chi connectivity index (χ2n) is 5.52. The molecule has 0 aliphatic rings. The van der Waals surface area contributed by atoms with Crippen molar-refractivity contribution in [2.45, 2.75) is 27.2 Å². The Hall–Kier alpha value is -2.33. The number of rotatable bonds is 6. The van der Waals surface area contributed by atoms with Gasteiger partial charge >= 0.3 is 0 Å². The standard InChI is InChI=1S/C19H20ClNO3/c1-4-16(22)15-10-14(20)8-9-17(15)24-11-18(23)21-19-12(2)6-5-7-13(19)3/h5-10H,4,11H2,1-3H3,(H,21,23). The maximum absolute atomic E-state index is 12.2. The van der Waals surface area contributed by atoms with Crippen LogP contribution in [0.2, 0.25) is 5.02 Å². The molecule has 0 heterocycles. The molecule has 5 heteroatoms. The summed E-state index contributed by atoms with van der Waals surface area (Å²) in [4.78, 5) is 24.1. The Morgan fingerprint density at radius 3 is 2.42 bits per heavy atom. The van der Waals surface area contributed by atoms with Gasteiger partial charge in [-0.05, 0) is 43.2 Å². The van der Waals surface area contributed by atoms with Crippen LogP contribution in [0.25, 0.3) is 0 Å². The zero-order valence-corrected chi connectivity index (χ0v) is 14.7. The Balaban J connectivity index is 2.08. The molecule has 0 aromatic heterocycles.